The first-order chi connectivity index (χ1) is 36.8. The minimum atomic E-state index is -0.733. The second-order valence-electron chi connectivity index (χ2n) is 19.0. The molecule has 404 valence electrons. The van der Waals surface area contributed by atoms with Crippen molar-refractivity contribution in [2.24, 2.45) is 11.5 Å². The fraction of sp³-hybridized carbons (Fsp3) is 0.321. The highest BCUT2D eigenvalue weighted by atomic mass is 35.5. The quantitative estimate of drug-likeness (QED) is 0.0313. The van der Waals surface area contributed by atoms with Crippen molar-refractivity contribution in [2.45, 2.75) is 105 Å². The van der Waals surface area contributed by atoms with Gasteiger partial charge in [0.2, 0.25) is 11.1 Å². The lowest BCUT2D eigenvalue weighted by Gasteiger charge is -2.34. The van der Waals surface area contributed by atoms with Crippen molar-refractivity contribution in [2.75, 3.05) is 35.4 Å². The smallest absolute Gasteiger partial charge is 0.269 e. The molecular weight excluding hydrogens is 1000 g/mol. The summed E-state index contributed by atoms with van der Waals surface area (Å²) >= 11 is 4.96. The number of hydrogen-bond donors (Lipinski definition) is 7. The maximum atomic E-state index is 12.9. The van der Waals surface area contributed by atoms with Gasteiger partial charge in [-0.2, -0.15) is 0 Å². The molecule has 2 fully saturated rings. The Bertz CT molecular complexity index is 3170. The number of anilines is 2. The molecule has 5 amide bonds. The van der Waals surface area contributed by atoms with E-state index >= 15 is 0 Å². The molecule has 77 heavy (non-hydrogen) atoms. The second kappa shape index (κ2) is 26.8. The van der Waals surface area contributed by atoms with Gasteiger partial charge in [-0.15, -0.1) is 0 Å². The van der Waals surface area contributed by atoms with E-state index in [0.717, 1.165) is 73.8 Å². The van der Waals surface area contributed by atoms with E-state index in [-0.39, 0.29) is 41.2 Å². The Hall–Kier alpha value is -8.49. The van der Waals surface area contributed by atoms with Crippen molar-refractivity contribution >= 4 is 58.0 Å². The van der Waals surface area contributed by atoms with Crippen molar-refractivity contribution in [3.8, 4) is 22.5 Å². The molecule has 0 bridgehead atoms. The first-order valence-electron chi connectivity index (χ1n) is 25.4. The van der Waals surface area contributed by atoms with Gasteiger partial charge >= 0.3 is 0 Å². The number of nitrogens with one attached hydrogen (secondary N) is 3. The minimum absolute atomic E-state index is 0.0305. The molecule has 2 aliphatic heterocycles. The zero-order chi connectivity index (χ0) is 55.9. The van der Waals surface area contributed by atoms with Crippen LogP contribution >= 0.6 is 11.6 Å². The molecule has 0 radical (unpaired) electrons. The predicted octanol–water partition coefficient (Wildman–Crippen LogP) is 7.70. The van der Waals surface area contributed by atoms with Crippen molar-refractivity contribution in [1.29, 1.82) is 0 Å². The number of imidazole rings is 2. The van der Waals surface area contributed by atoms with Gasteiger partial charge in [-0.1, -0.05) is 55.7 Å². The summed E-state index contributed by atoms with van der Waals surface area (Å²) in [5.74, 6) is 12.4. The van der Waals surface area contributed by atoms with E-state index in [1.54, 1.807) is 71.9 Å². The lowest BCUT2D eigenvalue weighted by molar-refractivity contribution is -0.130. The first kappa shape index (κ1) is 57.8. The number of piperidine rings is 2. The molecule has 21 heteroatoms. The van der Waals surface area contributed by atoms with Crippen LogP contribution < -0.4 is 39.1 Å². The van der Waals surface area contributed by atoms with E-state index in [4.69, 9.17) is 39.7 Å². The molecule has 4 aromatic heterocycles. The van der Waals surface area contributed by atoms with Gasteiger partial charge in [0.1, 0.15) is 28.8 Å². The number of benzene rings is 2. The number of carbonyl (C=O) groups excluding carboxylic acids is 6. The largest absolute Gasteiger partial charge is 0.364 e. The fourth-order valence-electron chi connectivity index (χ4n) is 8.81. The van der Waals surface area contributed by atoms with E-state index in [1.807, 2.05) is 65.8 Å². The Labute approximate surface area is 452 Å². The van der Waals surface area contributed by atoms with Crippen LogP contribution in [0.25, 0.3) is 22.5 Å². The zero-order valence-corrected chi connectivity index (χ0v) is 45.0. The average Bonchev–Trinajstić information content (AvgIpc) is 3.96. The number of carbonyl (C=O) groups is 6. The summed E-state index contributed by atoms with van der Waals surface area (Å²) in [7, 11) is 0. The van der Waals surface area contributed by atoms with Crippen LogP contribution in [0.1, 0.15) is 157 Å². The van der Waals surface area contributed by atoms with E-state index in [2.05, 4.69) is 30.9 Å². The number of hydrogen-bond acceptors (Lipinski definition) is 13. The summed E-state index contributed by atoms with van der Waals surface area (Å²) < 4.78 is 2.48. The number of pyridine rings is 2. The average molecular weight is 1070 g/mol. The number of rotatable bonds is 14. The van der Waals surface area contributed by atoms with Crippen LogP contribution in [0.5, 0.6) is 0 Å². The monoisotopic (exact) mass is 1070 g/mol. The van der Waals surface area contributed by atoms with Gasteiger partial charge in [-0.3, -0.25) is 28.8 Å². The first-order valence-corrected chi connectivity index (χ1v) is 25.8. The molecule has 2 saturated heterocycles. The molecule has 0 aliphatic carbocycles. The standard InChI is InChI=1S/C28H33N7O3.C23H27N7O2.C5H7ClO/c1-4-18-12-13-31-22(16-18)32-28(38)20-10-8-19(9-11-20)24-25(26(29)37)35(30)27(33-24)21-7-5-6-14-34(21)23(36)15-17(2)3;1-2-14-10-12-27-18(13-14)28-23(32)16-8-6-15(7-9-16)19-20(21(24)31)30(25)22(29-19)17-5-3-4-11-26-17;1-4(2)3-5(6)7/h8-13,15-16,21H,4-7,14,30H2,1-3H3,(H2,29,37)(H,31,32,38);6-10,12-13,17,26H,2-5,11,25H2,1H3,(H2,24,31)(H,27,28,32);3H,1-2H3/t21-;17-;/m00./s1. The van der Waals surface area contributed by atoms with Crippen LogP contribution in [0.4, 0.5) is 11.6 Å². The van der Waals surface area contributed by atoms with Crippen LogP contribution in [0, 0.1) is 0 Å². The number of primary amides is 2. The third-order valence-corrected chi connectivity index (χ3v) is 12.8. The predicted molar refractivity (Wildman–Crippen MR) is 298 cm³/mol. The van der Waals surface area contributed by atoms with Gasteiger partial charge in [0.15, 0.2) is 17.2 Å². The van der Waals surface area contributed by atoms with Gasteiger partial charge < -0.3 is 44.0 Å². The molecule has 0 saturated carbocycles. The molecule has 0 spiro atoms. The van der Waals surface area contributed by atoms with Crippen molar-refractivity contribution in [3.63, 3.8) is 0 Å². The number of allylic oxidation sites excluding steroid dienone is 3. The third kappa shape index (κ3) is 15.1. The van der Waals surface area contributed by atoms with Gasteiger partial charge in [0.05, 0.1) is 12.1 Å². The van der Waals surface area contributed by atoms with Gasteiger partial charge in [0.25, 0.3) is 23.6 Å². The fourth-order valence-corrected chi connectivity index (χ4v) is 9.03. The van der Waals surface area contributed by atoms with Crippen LogP contribution in [-0.4, -0.2) is 82.1 Å². The Morgan fingerprint density at radius 3 is 1.53 bits per heavy atom. The number of nitrogens with two attached hydrogens (primary N) is 4. The lowest BCUT2D eigenvalue weighted by atomic mass is 10.0. The van der Waals surface area contributed by atoms with E-state index in [1.165, 1.54) is 15.4 Å². The SMILES string of the molecule is CC(C)=CC(=O)Cl.CCc1ccnc(NC(=O)c2ccc(-c3nc([C@@H]4CCCCN4)n(N)c3C(N)=O)cc2)c1.CCc1ccnc(NC(=O)c2ccc(-c3nc([C@@H]4CCCCN4C(=O)C=C(C)C)n(N)c3C(N)=O)cc2)c1. The number of amides is 5. The molecular formula is C56H67ClN14O6. The summed E-state index contributed by atoms with van der Waals surface area (Å²) in [5, 5.41) is 8.59. The number of nitrogens with zero attached hydrogens (tertiary/aromatic N) is 7. The second-order valence-corrected chi connectivity index (χ2v) is 19.3. The number of halogens is 1. The maximum absolute atomic E-state index is 12.9. The van der Waals surface area contributed by atoms with Crippen LogP contribution in [0.3, 0.4) is 0 Å². The Morgan fingerprint density at radius 1 is 0.649 bits per heavy atom. The van der Waals surface area contributed by atoms with Crippen molar-refractivity contribution in [3.05, 3.63) is 154 Å². The Balaban J connectivity index is 0.000000224. The van der Waals surface area contributed by atoms with Gasteiger partial charge in [-0.05, 0) is 157 Å². The van der Waals surface area contributed by atoms with Gasteiger partial charge in [0, 0.05) is 47.3 Å². The van der Waals surface area contributed by atoms with Crippen molar-refractivity contribution < 1.29 is 28.8 Å². The zero-order valence-electron chi connectivity index (χ0n) is 44.2. The topological polar surface area (TPSA) is 307 Å². The highest BCUT2D eigenvalue weighted by Crippen LogP contribution is 2.34. The lowest BCUT2D eigenvalue weighted by Crippen LogP contribution is -2.40. The molecule has 0 unspecified atom stereocenters. The number of aryl methyl sites for hydroxylation is 2. The molecule has 6 aromatic rings. The summed E-state index contributed by atoms with van der Waals surface area (Å²) in [5.41, 5.74) is 18.3. The van der Waals surface area contributed by atoms with E-state index in [9.17, 15) is 28.8 Å². The minimum Gasteiger partial charge on any atom is -0.364 e. The Kier molecular flexibility index (Phi) is 20.1. The summed E-state index contributed by atoms with van der Waals surface area (Å²) in [4.78, 5) is 92.3. The molecule has 6 heterocycles. The molecule has 2 atom stereocenters. The molecule has 2 aliphatic rings. The van der Waals surface area contributed by atoms with E-state index < -0.39 is 17.1 Å². The Morgan fingerprint density at radius 2 is 1.12 bits per heavy atom. The third-order valence-electron chi connectivity index (χ3n) is 12.7. The van der Waals surface area contributed by atoms with Crippen LogP contribution in [0.2, 0.25) is 0 Å². The highest BCUT2D eigenvalue weighted by molar-refractivity contribution is 6.66. The molecule has 2 aromatic carbocycles. The highest BCUT2D eigenvalue weighted by Gasteiger charge is 2.34. The van der Waals surface area contributed by atoms with Crippen LogP contribution in [-0.2, 0) is 22.4 Å². The maximum Gasteiger partial charge on any atom is 0.269 e. The number of likely N-dealkylation sites (tertiary alicyclic amines) is 1. The summed E-state index contributed by atoms with van der Waals surface area (Å²) in [6.07, 6.45) is 13.5. The van der Waals surface area contributed by atoms with Crippen LogP contribution in [0.15, 0.2) is 108 Å². The van der Waals surface area contributed by atoms with E-state index in [0.29, 0.717) is 69.9 Å². The van der Waals surface area contributed by atoms with Crippen molar-refractivity contribution in [1.82, 2.24) is 39.5 Å². The molecule has 20 nitrogen and oxygen atoms in total. The summed E-state index contributed by atoms with van der Waals surface area (Å²) in [6.45, 7) is 12.9. The number of nitrogen functional groups attached to an aromatic ring is 2. The summed E-state index contributed by atoms with van der Waals surface area (Å²) in [6, 6.07) is 20.5. The van der Waals surface area contributed by atoms with Gasteiger partial charge in [-0.25, -0.2) is 29.3 Å². The molecule has 11 N–H and O–H groups in total. The number of aromatic nitrogens is 6. The normalized spacial score (nSPS) is 14.8. The molecule has 8 rings (SSSR count).